The molecule has 0 fully saturated rings. The summed E-state index contributed by atoms with van der Waals surface area (Å²) in [4.78, 5) is 11.8. The number of hydrogen-bond donors (Lipinski definition) is 1. The molecule has 1 aromatic carbocycles. The van der Waals surface area contributed by atoms with E-state index in [1.54, 1.807) is 0 Å². The second-order valence-electron chi connectivity index (χ2n) is 3.04. The van der Waals surface area contributed by atoms with Gasteiger partial charge in [0.1, 0.15) is 5.38 Å². The van der Waals surface area contributed by atoms with Gasteiger partial charge in [0.2, 0.25) is 0 Å². The highest BCUT2D eigenvalue weighted by Crippen LogP contribution is 2.28. The summed E-state index contributed by atoms with van der Waals surface area (Å²) in [5.41, 5.74) is 1.87. The second-order valence-corrected chi connectivity index (χ2v) is 3.95. The Morgan fingerprint density at radius 2 is 2.15 bits per heavy atom. The number of hydrogen-bond acceptors (Lipinski definition) is 2. The van der Waals surface area contributed by atoms with Crippen LogP contribution in [-0.4, -0.2) is 5.78 Å². The lowest BCUT2D eigenvalue weighted by atomic mass is 10.1. The summed E-state index contributed by atoms with van der Waals surface area (Å²) in [7, 11) is 0. The van der Waals surface area contributed by atoms with Gasteiger partial charge >= 0.3 is 0 Å². The summed E-state index contributed by atoms with van der Waals surface area (Å²) in [6, 6.07) is 5.68. The molecule has 0 radical (unpaired) electrons. The van der Waals surface area contributed by atoms with Gasteiger partial charge in [-0.2, -0.15) is 0 Å². The van der Waals surface area contributed by atoms with E-state index in [1.165, 1.54) is 6.92 Å². The zero-order valence-electron chi connectivity index (χ0n) is 7.54. The molecule has 70 valence electrons. The van der Waals surface area contributed by atoms with Crippen LogP contribution in [0.1, 0.15) is 23.4 Å². The van der Waals surface area contributed by atoms with Crippen LogP contribution < -0.4 is 0 Å². The highest BCUT2D eigenvalue weighted by Gasteiger charge is 2.15. The molecule has 0 bridgehead atoms. The van der Waals surface area contributed by atoms with Crippen molar-refractivity contribution < 1.29 is 4.79 Å². The Morgan fingerprint density at radius 3 is 2.69 bits per heavy atom. The molecule has 1 unspecified atom stereocenters. The molecule has 0 aliphatic rings. The number of carbonyl (C=O) groups is 1. The Bertz CT molecular complexity index is 336. The molecule has 0 saturated carbocycles. The van der Waals surface area contributed by atoms with Gasteiger partial charge in [-0.25, -0.2) is 0 Å². The van der Waals surface area contributed by atoms with Crippen LogP contribution in [0.3, 0.4) is 0 Å². The third-order valence-electron chi connectivity index (χ3n) is 1.81. The molecule has 0 spiro atoms. The number of carbonyl (C=O) groups excluding carboxylic acids is 1. The van der Waals surface area contributed by atoms with Gasteiger partial charge in [-0.1, -0.05) is 17.7 Å². The number of alkyl halides is 1. The fraction of sp³-hybridized carbons (Fsp3) is 0.300. The van der Waals surface area contributed by atoms with E-state index in [-0.39, 0.29) is 5.78 Å². The first-order valence-corrected chi connectivity index (χ1v) is 4.84. The largest absolute Gasteiger partial charge is 0.298 e. The fourth-order valence-electron chi connectivity index (χ4n) is 1.10. The maximum absolute atomic E-state index is 11.0. The summed E-state index contributed by atoms with van der Waals surface area (Å²) < 4.78 is 0. The Balaban J connectivity index is 3.12. The Kier molecular flexibility index (Phi) is 3.40. The van der Waals surface area contributed by atoms with Crippen molar-refractivity contribution in [1.82, 2.24) is 0 Å². The standard InChI is InChI=1S/C10H11ClOS/c1-6-3-4-9(13)8(5-6)10(11)7(2)12/h3-5,10,13H,1-2H3. The molecule has 0 N–H and O–H groups in total. The first kappa shape index (κ1) is 10.6. The van der Waals surface area contributed by atoms with Gasteiger partial charge in [-0.15, -0.1) is 24.2 Å². The minimum Gasteiger partial charge on any atom is -0.298 e. The van der Waals surface area contributed by atoms with Crippen LogP contribution in [0.5, 0.6) is 0 Å². The average Bonchev–Trinajstić information content (AvgIpc) is 2.08. The van der Waals surface area contributed by atoms with Crippen molar-refractivity contribution in [2.75, 3.05) is 0 Å². The van der Waals surface area contributed by atoms with Crippen LogP contribution in [0.15, 0.2) is 23.1 Å². The monoisotopic (exact) mass is 214 g/mol. The van der Waals surface area contributed by atoms with Crippen LogP contribution in [0.25, 0.3) is 0 Å². The molecule has 0 saturated heterocycles. The highest BCUT2D eigenvalue weighted by molar-refractivity contribution is 7.80. The molecular formula is C10H11ClOS. The summed E-state index contributed by atoms with van der Waals surface area (Å²) in [5.74, 6) is -0.0532. The SMILES string of the molecule is CC(=O)C(Cl)c1cc(C)ccc1S. The molecule has 1 atom stereocenters. The minimum atomic E-state index is -0.576. The molecule has 0 aliphatic carbocycles. The predicted octanol–water partition coefficient (Wildman–Crippen LogP) is 3.15. The van der Waals surface area contributed by atoms with Crippen molar-refractivity contribution in [1.29, 1.82) is 0 Å². The van der Waals surface area contributed by atoms with E-state index in [0.717, 1.165) is 16.0 Å². The molecule has 0 heterocycles. The number of thiol groups is 1. The first-order valence-electron chi connectivity index (χ1n) is 3.96. The normalized spacial score (nSPS) is 12.6. The van der Waals surface area contributed by atoms with E-state index in [0.29, 0.717) is 0 Å². The number of ketones is 1. The molecule has 0 aromatic heterocycles. The average molecular weight is 215 g/mol. The lowest BCUT2D eigenvalue weighted by molar-refractivity contribution is -0.116. The lowest BCUT2D eigenvalue weighted by Gasteiger charge is -2.09. The van der Waals surface area contributed by atoms with E-state index in [2.05, 4.69) is 12.6 Å². The second kappa shape index (κ2) is 4.16. The van der Waals surface area contributed by atoms with Crippen LogP contribution in [0.2, 0.25) is 0 Å². The van der Waals surface area contributed by atoms with Crippen LogP contribution in [0, 0.1) is 6.92 Å². The van der Waals surface area contributed by atoms with Crippen molar-refractivity contribution in [3.8, 4) is 0 Å². The van der Waals surface area contributed by atoms with Crippen LogP contribution >= 0.6 is 24.2 Å². The number of halogens is 1. The van der Waals surface area contributed by atoms with Crippen molar-refractivity contribution >= 4 is 30.0 Å². The maximum atomic E-state index is 11.0. The summed E-state index contributed by atoms with van der Waals surface area (Å²) in [6.45, 7) is 3.44. The first-order chi connectivity index (χ1) is 6.02. The van der Waals surface area contributed by atoms with Gasteiger partial charge in [0.05, 0.1) is 0 Å². The van der Waals surface area contributed by atoms with Gasteiger partial charge in [-0.05, 0) is 25.5 Å². The zero-order chi connectivity index (χ0) is 10.0. The third-order valence-corrected chi connectivity index (χ3v) is 2.76. The fourth-order valence-corrected chi connectivity index (χ4v) is 1.62. The summed E-state index contributed by atoms with van der Waals surface area (Å²) >= 11 is 10.2. The Labute approximate surface area is 88.5 Å². The van der Waals surface area contributed by atoms with Crippen molar-refractivity contribution in [3.63, 3.8) is 0 Å². The van der Waals surface area contributed by atoms with Gasteiger partial charge in [0, 0.05) is 4.90 Å². The molecular weight excluding hydrogens is 204 g/mol. The van der Waals surface area contributed by atoms with E-state index >= 15 is 0 Å². The Morgan fingerprint density at radius 1 is 1.54 bits per heavy atom. The number of aryl methyl sites for hydroxylation is 1. The van der Waals surface area contributed by atoms with E-state index in [1.807, 2.05) is 25.1 Å². The van der Waals surface area contributed by atoms with Crippen molar-refractivity contribution in [2.24, 2.45) is 0 Å². The molecule has 13 heavy (non-hydrogen) atoms. The molecule has 1 rings (SSSR count). The number of Topliss-reactive ketones (excluding diaryl/α,β-unsaturated/α-hetero) is 1. The van der Waals surface area contributed by atoms with Crippen molar-refractivity contribution in [3.05, 3.63) is 29.3 Å². The van der Waals surface area contributed by atoms with Gasteiger partial charge in [0.25, 0.3) is 0 Å². The van der Waals surface area contributed by atoms with Gasteiger partial charge in [-0.3, -0.25) is 4.79 Å². The van der Waals surface area contributed by atoms with Crippen LogP contribution in [0.4, 0.5) is 0 Å². The third kappa shape index (κ3) is 2.48. The minimum absolute atomic E-state index is 0.0532. The number of rotatable bonds is 2. The smallest absolute Gasteiger partial charge is 0.152 e. The number of benzene rings is 1. The lowest BCUT2D eigenvalue weighted by Crippen LogP contribution is -2.02. The Hall–Kier alpha value is -0.470. The van der Waals surface area contributed by atoms with Gasteiger partial charge < -0.3 is 0 Å². The molecule has 3 heteroatoms. The quantitative estimate of drug-likeness (QED) is 0.591. The van der Waals surface area contributed by atoms with Crippen molar-refractivity contribution in [2.45, 2.75) is 24.1 Å². The van der Waals surface area contributed by atoms with Gasteiger partial charge in [0.15, 0.2) is 5.78 Å². The molecule has 0 aliphatic heterocycles. The maximum Gasteiger partial charge on any atom is 0.152 e. The van der Waals surface area contributed by atoms with Crippen LogP contribution in [-0.2, 0) is 4.79 Å². The van der Waals surface area contributed by atoms with E-state index in [9.17, 15) is 4.79 Å². The summed E-state index contributed by atoms with van der Waals surface area (Å²) in [5, 5.41) is -0.576. The zero-order valence-corrected chi connectivity index (χ0v) is 9.19. The molecule has 0 amide bonds. The predicted molar refractivity (Wildman–Crippen MR) is 57.7 cm³/mol. The summed E-state index contributed by atoms with van der Waals surface area (Å²) in [6.07, 6.45) is 0. The topological polar surface area (TPSA) is 17.1 Å². The molecule has 1 aromatic rings. The van der Waals surface area contributed by atoms with E-state index < -0.39 is 5.38 Å². The van der Waals surface area contributed by atoms with E-state index in [4.69, 9.17) is 11.6 Å². The highest BCUT2D eigenvalue weighted by atomic mass is 35.5. The molecule has 1 nitrogen and oxygen atoms in total.